The van der Waals surface area contributed by atoms with E-state index in [1.807, 2.05) is 13.0 Å². The molecule has 8 heavy (non-hydrogen) atoms. The van der Waals surface area contributed by atoms with Crippen LogP contribution in [0.5, 0.6) is 0 Å². The minimum atomic E-state index is 0.766. The van der Waals surface area contributed by atoms with Crippen LogP contribution in [0.4, 0.5) is 5.82 Å². The van der Waals surface area contributed by atoms with Gasteiger partial charge >= 0.3 is 0 Å². The second kappa shape index (κ2) is 1.86. The van der Waals surface area contributed by atoms with Crippen LogP contribution in [0.1, 0.15) is 5.69 Å². The molecule has 1 aromatic rings. The first-order valence-corrected chi connectivity index (χ1v) is 2.45. The van der Waals surface area contributed by atoms with E-state index in [1.54, 1.807) is 7.05 Å². The second-order valence-electron chi connectivity index (χ2n) is 1.63. The van der Waals surface area contributed by atoms with E-state index in [1.165, 1.54) is 0 Å². The summed E-state index contributed by atoms with van der Waals surface area (Å²) >= 11 is 0. The average molecular weight is 110 g/mol. The third-order valence-corrected chi connectivity index (χ3v) is 0.922. The Hall–Kier alpha value is -0.990. The number of aromatic nitrogens is 2. The van der Waals surface area contributed by atoms with Crippen LogP contribution < -0.4 is 0 Å². The largest absolute Gasteiger partial charge is 0.468 e. The lowest BCUT2D eigenvalue weighted by molar-refractivity contribution is 1.05. The number of aryl methyl sites for hydroxylation is 1. The average Bonchev–Trinajstić information content (AvgIpc) is 2.14. The summed E-state index contributed by atoms with van der Waals surface area (Å²) in [7, 11) is 1.72. The van der Waals surface area contributed by atoms with Gasteiger partial charge in [0, 0.05) is 5.69 Å². The first-order chi connectivity index (χ1) is 3.83. The molecule has 0 saturated carbocycles. The van der Waals surface area contributed by atoms with Crippen LogP contribution in [0.3, 0.4) is 0 Å². The molecule has 1 heterocycles. The van der Waals surface area contributed by atoms with E-state index >= 15 is 0 Å². The Bertz CT molecular complexity index is 168. The SMILES string of the molecule is C[N-]c1cc(C)[nH]n1. The van der Waals surface area contributed by atoms with E-state index in [0.717, 1.165) is 11.5 Å². The number of nitrogens with zero attached hydrogens (tertiary/aromatic N) is 2. The van der Waals surface area contributed by atoms with Gasteiger partial charge in [-0.1, -0.05) is 7.05 Å². The third kappa shape index (κ3) is 0.804. The van der Waals surface area contributed by atoms with Crippen molar-refractivity contribution in [3.63, 3.8) is 0 Å². The molecule has 0 radical (unpaired) electrons. The smallest absolute Gasteiger partial charge is 0.0104 e. The Balaban J connectivity index is 2.84. The number of rotatable bonds is 1. The minimum absolute atomic E-state index is 0.766. The molecule has 0 aliphatic carbocycles. The summed E-state index contributed by atoms with van der Waals surface area (Å²) in [5.41, 5.74) is 1.05. The zero-order valence-corrected chi connectivity index (χ0v) is 4.97. The van der Waals surface area contributed by atoms with Gasteiger partial charge in [-0.05, 0) is 18.8 Å². The zero-order valence-electron chi connectivity index (χ0n) is 4.97. The normalized spacial score (nSPS) is 9.25. The maximum absolute atomic E-state index is 3.85. The Morgan fingerprint density at radius 2 is 2.50 bits per heavy atom. The molecule has 0 aromatic carbocycles. The van der Waals surface area contributed by atoms with Crippen molar-refractivity contribution >= 4 is 5.82 Å². The van der Waals surface area contributed by atoms with Gasteiger partial charge in [-0.2, -0.15) is 0 Å². The fraction of sp³-hybridized carbons (Fsp3) is 0.400. The van der Waals surface area contributed by atoms with Crippen molar-refractivity contribution < 1.29 is 0 Å². The summed E-state index contributed by atoms with van der Waals surface area (Å²) in [5, 5.41) is 10.5. The molecule has 0 aliphatic rings. The first-order valence-electron chi connectivity index (χ1n) is 2.45. The van der Waals surface area contributed by atoms with E-state index in [4.69, 9.17) is 0 Å². The highest BCUT2D eigenvalue weighted by molar-refractivity contribution is 5.38. The van der Waals surface area contributed by atoms with Crippen molar-refractivity contribution in [3.05, 3.63) is 17.1 Å². The maximum Gasteiger partial charge on any atom is 0.0104 e. The monoisotopic (exact) mass is 110 g/mol. The molecule has 1 rings (SSSR count). The Kier molecular flexibility index (Phi) is 1.20. The van der Waals surface area contributed by atoms with E-state index in [9.17, 15) is 0 Å². The molecule has 0 fully saturated rings. The molecule has 0 unspecified atom stereocenters. The molecule has 0 atom stereocenters. The Labute approximate surface area is 48.1 Å². The van der Waals surface area contributed by atoms with Crippen LogP contribution in [-0.4, -0.2) is 17.2 Å². The van der Waals surface area contributed by atoms with Crippen LogP contribution in [0.15, 0.2) is 6.07 Å². The van der Waals surface area contributed by atoms with Crippen LogP contribution in [-0.2, 0) is 0 Å². The number of aromatic amines is 1. The molecule has 3 nitrogen and oxygen atoms in total. The topological polar surface area (TPSA) is 42.8 Å². The highest BCUT2D eigenvalue weighted by Crippen LogP contribution is 2.10. The molecule has 0 aliphatic heterocycles. The maximum atomic E-state index is 3.85. The van der Waals surface area contributed by atoms with Crippen molar-refractivity contribution in [1.29, 1.82) is 0 Å². The number of H-pyrrole nitrogens is 1. The van der Waals surface area contributed by atoms with Gasteiger partial charge in [0.15, 0.2) is 0 Å². The van der Waals surface area contributed by atoms with Crippen molar-refractivity contribution in [2.24, 2.45) is 0 Å². The number of hydrogen-bond acceptors (Lipinski definition) is 1. The van der Waals surface area contributed by atoms with Gasteiger partial charge in [-0.3, -0.25) is 0 Å². The van der Waals surface area contributed by atoms with E-state index in [2.05, 4.69) is 15.5 Å². The number of nitrogens with one attached hydrogen (secondary N) is 1. The fourth-order valence-corrected chi connectivity index (χ4v) is 0.518. The van der Waals surface area contributed by atoms with Gasteiger partial charge in [-0.15, -0.1) is 0 Å². The van der Waals surface area contributed by atoms with E-state index < -0.39 is 0 Å². The van der Waals surface area contributed by atoms with E-state index in [0.29, 0.717) is 0 Å². The molecule has 0 amide bonds. The highest BCUT2D eigenvalue weighted by Gasteiger charge is 1.79. The van der Waals surface area contributed by atoms with Gasteiger partial charge in [0.2, 0.25) is 0 Å². The van der Waals surface area contributed by atoms with Crippen molar-refractivity contribution in [2.75, 3.05) is 7.05 Å². The predicted octanol–water partition coefficient (Wildman–Crippen LogP) is 1.35. The van der Waals surface area contributed by atoms with Gasteiger partial charge in [0.05, 0.1) is 0 Å². The zero-order chi connectivity index (χ0) is 5.98. The van der Waals surface area contributed by atoms with Crippen LogP contribution in [0.25, 0.3) is 5.32 Å². The van der Waals surface area contributed by atoms with Gasteiger partial charge < -0.3 is 15.5 Å². The van der Waals surface area contributed by atoms with E-state index in [-0.39, 0.29) is 0 Å². The van der Waals surface area contributed by atoms with Gasteiger partial charge in [0.25, 0.3) is 0 Å². The summed E-state index contributed by atoms with van der Waals surface area (Å²) in [6, 6.07) is 1.89. The second-order valence-corrected chi connectivity index (χ2v) is 1.63. The van der Waals surface area contributed by atoms with Crippen molar-refractivity contribution in [3.8, 4) is 0 Å². The summed E-state index contributed by atoms with van der Waals surface area (Å²) in [5.74, 6) is 0.766. The van der Waals surface area contributed by atoms with Gasteiger partial charge in [0.1, 0.15) is 0 Å². The lowest BCUT2D eigenvalue weighted by Crippen LogP contribution is -1.66. The molecule has 0 bridgehead atoms. The minimum Gasteiger partial charge on any atom is -0.468 e. The van der Waals surface area contributed by atoms with Crippen LogP contribution in [0, 0.1) is 6.92 Å². The third-order valence-electron chi connectivity index (χ3n) is 0.922. The van der Waals surface area contributed by atoms with Crippen LogP contribution >= 0.6 is 0 Å². The summed E-state index contributed by atoms with van der Waals surface area (Å²) < 4.78 is 0. The molecule has 0 saturated heterocycles. The van der Waals surface area contributed by atoms with Crippen LogP contribution in [0.2, 0.25) is 0 Å². The summed E-state index contributed by atoms with van der Waals surface area (Å²) in [6.07, 6.45) is 0. The molecular weight excluding hydrogens is 102 g/mol. The quantitative estimate of drug-likeness (QED) is 0.582. The van der Waals surface area contributed by atoms with Crippen molar-refractivity contribution in [1.82, 2.24) is 10.2 Å². The highest BCUT2D eigenvalue weighted by atomic mass is 15.2. The summed E-state index contributed by atoms with van der Waals surface area (Å²) in [4.78, 5) is 0. The van der Waals surface area contributed by atoms with Gasteiger partial charge in [-0.25, -0.2) is 0 Å². The fourth-order valence-electron chi connectivity index (χ4n) is 0.518. The molecule has 0 spiro atoms. The Morgan fingerprint density at radius 3 is 2.75 bits per heavy atom. The molecule has 3 heteroatoms. The predicted molar refractivity (Wildman–Crippen MR) is 32.3 cm³/mol. The lowest BCUT2D eigenvalue weighted by atomic mass is 10.5. The Morgan fingerprint density at radius 1 is 1.75 bits per heavy atom. The lowest BCUT2D eigenvalue weighted by Gasteiger charge is -1.97. The molecule has 1 N–H and O–H groups in total. The molecular formula is C5H8N3-. The number of hydrogen-bond donors (Lipinski definition) is 1. The van der Waals surface area contributed by atoms with Crippen molar-refractivity contribution in [2.45, 2.75) is 6.92 Å². The summed E-state index contributed by atoms with van der Waals surface area (Å²) in [6.45, 7) is 1.95. The molecule has 44 valence electrons. The standard InChI is InChI=1S/C5H8N3/c1-4-3-5(6-2)8-7-4/h3H,1-2H3,(H-,6,7,8)/q-1. The first kappa shape index (κ1) is 5.15. The molecule has 1 aromatic heterocycles.